The van der Waals surface area contributed by atoms with Crippen LogP contribution >= 0.6 is 0 Å². The molecule has 1 aliphatic carbocycles. The average molecular weight is 432 g/mol. The summed E-state index contributed by atoms with van der Waals surface area (Å²) < 4.78 is 19.6. The molecule has 1 aliphatic heterocycles. The van der Waals surface area contributed by atoms with Crippen LogP contribution in [0.15, 0.2) is 60.8 Å². The van der Waals surface area contributed by atoms with E-state index in [0.717, 1.165) is 24.1 Å². The van der Waals surface area contributed by atoms with Gasteiger partial charge in [-0.15, -0.1) is 0 Å². The first-order valence-electron chi connectivity index (χ1n) is 10.4. The number of halogens is 1. The molecule has 0 radical (unpaired) electrons. The molecule has 2 aromatic carbocycles. The first-order chi connectivity index (χ1) is 15.6. The molecule has 5 rings (SSSR count). The van der Waals surface area contributed by atoms with E-state index in [1.807, 2.05) is 24.3 Å². The summed E-state index contributed by atoms with van der Waals surface area (Å²) in [7, 11) is 0. The molecule has 2 aliphatic rings. The molecule has 32 heavy (non-hydrogen) atoms. The minimum Gasteiger partial charge on any atom is -0.487 e. The topological polar surface area (TPSA) is 83.6 Å². The number of para-hydroxylation sites is 1. The third-order valence-corrected chi connectivity index (χ3v) is 5.46. The van der Waals surface area contributed by atoms with Gasteiger partial charge in [0.25, 0.3) is 5.91 Å². The van der Waals surface area contributed by atoms with Crippen molar-refractivity contribution in [3.63, 3.8) is 0 Å². The lowest BCUT2D eigenvalue weighted by atomic mass is 10.1. The standard InChI is InChI=1S/C24H21FN4O3/c25-19-5-3-11-26-21(19)14-32-17-9-10-18(23(30)27-16-7-8-16)22(12-17)29-13-15-4-1-2-6-20(15)28-24(29)31/h1-6,9-12,16H,7-8,13-14H2,(H,27,30)(H,28,31). The molecule has 3 aromatic rings. The van der Waals surface area contributed by atoms with Crippen LogP contribution < -0.4 is 20.3 Å². The number of rotatable bonds is 6. The highest BCUT2D eigenvalue weighted by Gasteiger charge is 2.30. The van der Waals surface area contributed by atoms with Gasteiger partial charge in [-0.1, -0.05) is 18.2 Å². The van der Waals surface area contributed by atoms with Gasteiger partial charge >= 0.3 is 6.03 Å². The van der Waals surface area contributed by atoms with Crippen molar-refractivity contribution in [2.75, 3.05) is 10.2 Å². The van der Waals surface area contributed by atoms with Crippen LogP contribution in [0.5, 0.6) is 5.75 Å². The maximum absolute atomic E-state index is 13.9. The number of nitrogens with zero attached hydrogens (tertiary/aromatic N) is 2. The fraction of sp³-hybridized carbons (Fsp3) is 0.208. The molecule has 2 N–H and O–H groups in total. The molecule has 1 aromatic heterocycles. The SMILES string of the molecule is O=C(NC1CC1)c1ccc(OCc2ncccc2F)cc1N1Cc2ccccc2NC1=O. The third kappa shape index (κ3) is 4.12. The van der Waals surface area contributed by atoms with Gasteiger partial charge in [-0.25, -0.2) is 9.18 Å². The number of nitrogens with one attached hydrogen (secondary N) is 2. The van der Waals surface area contributed by atoms with Gasteiger partial charge in [0.1, 0.15) is 23.9 Å². The quantitative estimate of drug-likeness (QED) is 0.610. The zero-order valence-corrected chi connectivity index (χ0v) is 17.2. The van der Waals surface area contributed by atoms with Gasteiger partial charge in [0, 0.05) is 24.0 Å². The number of carbonyl (C=O) groups excluding carboxylic acids is 2. The van der Waals surface area contributed by atoms with Gasteiger partial charge in [0.05, 0.1) is 17.8 Å². The summed E-state index contributed by atoms with van der Waals surface area (Å²) in [6.07, 6.45) is 3.40. The molecule has 0 spiro atoms. The lowest BCUT2D eigenvalue weighted by Gasteiger charge is -2.31. The van der Waals surface area contributed by atoms with Crippen LogP contribution in [0.1, 0.15) is 34.5 Å². The monoisotopic (exact) mass is 432 g/mol. The van der Waals surface area contributed by atoms with E-state index in [-0.39, 0.29) is 30.3 Å². The van der Waals surface area contributed by atoms with Gasteiger partial charge in [0.15, 0.2) is 0 Å². The summed E-state index contributed by atoms with van der Waals surface area (Å²) in [5, 5.41) is 5.84. The Bertz CT molecular complexity index is 1200. The van der Waals surface area contributed by atoms with Crippen LogP contribution in [0, 0.1) is 5.82 Å². The smallest absolute Gasteiger partial charge is 0.326 e. The number of carbonyl (C=O) groups is 2. The number of ether oxygens (including phenoxy) is 1. The summed E-state index contributed by atoms with van der Waals surface area (Å²) in [6, 6.07) is 15.1. The van der Waals surface area contributed by atoms with Crippen molar-refractivity contribution in [3.8, 4) is 5.75 Å². The summed E-state index contributed by atoms with van der Waals surface area (Å²) in [5.41, 5.74) is 2.66. The van der Waals surface area contributed by atoms with E-state index in [4.69, 9.17) is 4.74 Å². The molecule has 162 valence electrons. The highest BCUT2D eigenvalue weighted by Crippen LogP contribution is 2.33. The highest BCUT2D eigenvalue weighted by atomic mass is 19.1. The van der Waals surface area contributed by atoms with Crippen LogP contribution in [-0.4, -0.2) is 23.0 Å². The van der Waals surface area contributed by atoms with Crippen LogP contribution in [0.3, 0.4) is 0 Å². The maximum Gasteiger partial charge on any atom is 0.326 e. The van der Waals surface area contributed by atoms with Crippen molar-refractivity contribution in [2.24, 2.45) is 0 Å². The highest BCUT2D eigenvalue weighted by molar-refractivity contribution is 6.09. The predicted octanol–water partition coefficient (Wildman–Crippen LogP) is 4.24. The summed E-state index contributed by atoms with van der Waals surface area (Å²) >= 11 is 0. The largest absolute Gasteiger partial charge is 0.487 e. The number of hydrogen-bond acceptors (Lipinski definition) is 4. The van der Waals surface area contributed by atoms with Gasteiger partial charge < -0.3 is 15.4 Å². The van der Waals surface area contributed by atoms with E-state index in [2.05, 4.69) is 15.6 Å². The molecule has 1 saturated carbocycles. The van der Waals surface area contributed by atoms with E-state index >= 15 is 0 Å². The maximum atomic E-state index is 13.9. The molecular formula is C24H21FN4O3. The van der Waals surface area contributed by atoms with E-state index in [9.17, 15) is 14.0 Å². The number of fused-ring (bicyclic) bond motifs is 1. The lowest BCUT2D eigenvalue weighted by molar-refractivity contribution is 0.0951. The first kappa shape index (κ1) is 20.0. The number of pyridine rings is 1. The van der Waals surface area contributed by atoms with Crippen molar-refractivity contribution in [3.05, 3.63) is 83.4 Å². The lowest BCUT2D eigenvalue weighted by Crippen LogP contribution is -2.40. The van der Waals surface area contributed by atoms with Gasteiger partial charge in [0.2, 0.25) is 0 Å². The Morgan fingerprint density at radius 1 is 1.19 bits per heavy atom. The molecule has 0 saturated heterocycles. The molecule has 0 unspecified atom stereocenters. The van der Waals surface area contributed by atoms with Crippen LogP contribution in [0.25, 0.3) is 0 Å². The number of urea groups is 1. The fourth-order valence-electron chi connectivity index (χ4n) is 3.58. The van der Waals surface area contributed by atoms with Crippen molar-refractivity contribution < 1.29 is 18.7 Å². The number of aromatic nitrogens is 1. The van der Waals surface area contributed by atoms with Crippen LogP contribution in [0.2, 0.25) is 0 Å². The second kappa shape index (κ2) is 8.30. The number of hydrogen-bond donors (Lipinski definition) is 2. The third-order valence-electron chi connectivity index (χ3n) is 5.46. The minimum absolute atomic E-state index is 0.0746. The second-order valence-electron chi connectivity index (χ2n) is 7.82. The molecular weight excluding hydrogens is 411 g/mol. The van der Waals surface area contributed by atoms with Crippen molar-refractivity contribution >= 4 is 23.3 Å². The summed E-state index contributed by atoms with van der Waals surface area (Å²) in [5.74, 6) is -0.295. The van der Waals surface area contributed by atoms with E-state index in [1.54, 1.807) is 18.2 Å². The normalized spacial score (nSPS) is 15.0. The molecule has 3 amide bonds. The Labute approximate surface area is 184 Å². The van der Waals surface area contributed by atoms with Gasteiger partial charge in [-0.3, -0.25) is 14.7 Å². The summed E-state index contributed by atoms with van der Waals surface area (Å²) in [6.45, 7) is 0.235. The fourth-order valence-corrected chi connectivity index (χ4v) is 3.58. The number of benzene rings is 2. The van der Waals surface area contributed by atoms with Gasteiger partial charge in [-0.05, 0) is 48.7 Å². The van der Waals surface area contributed by atoms with E-state index in [0.29, 0.717) is 23.5 Å². The molecule has 0 bridgehead atoms. The van der Waals surface area contributed by atoms with Gasteiger partial charge in [-0.2, -0.15) is 0 Å². The Kier molecular flexibility index (Phi) is 5.18. The van der Waals surface area contributed by atoms with Crippen molar-refractivity contribution in [1.29, 1.82) is 0 Å². The zero-order valence-electron chi connectivity index (χ0n) is 17.2. The van der Waals surface area contributed by atoms with Crippen molar-refractivity contribution in [2.45, 2.75) is 32.0 Å². The second-order valence-corrected chi connectivity index (χ2v) is 7.82. The number of amides is 3. The first-order valence-corrected chi connectivity index (χ1v) is 10.4. The van der Waals surface area contributed by atoms with E-state index in [1.165, 1.54) is 23.2 Å². The summed E-state index contributed by atoms with van der Waals surface area (Å²) in [4.78, 5) is 31.3. The van der Waals surface area contributed by atoms with Crippen LogP contribution in [0.4, 0.5) is 20.6 Å². The minimum atomic E-state index is -0.458. The molecule has 8 heteroatoms. The Hall–Kier alpha value is -3.94. The van der Waals surface area contributed by atoms with E-state index < -0.39 is 5.82 Å². The number of anilines is 2. The van der Waals surface area contributed by atoms with Crippen LogP contribution in [-0.2, 0) is 13.2 Å². The zero-order chi connectivity index (χ0) is 22.1. The molecule has 7 nitrogen and oxygen atoms in total. The Morgan fingerprint density at radius 2 is 2.03 bits per heavy atom. The molecule has 2 heterocycles. The van der Waals surface area contributed by atoms with Crippen molar-refractivity contribution in [1.82, 2.24) is 10.3 Å². The average Bonchev–Trinajstić information content (AvgIpc) is 3.62. The Morgan fingerprint density at radius 3 is 2.84 bits per heavy atom. The molecule has 0 atom stereocenters. The Balaban J connectivity index is 1.46. The molecule has 1 fully saturated rings. The predicted molar refractivity (Wildman–Crippen MR) is 117 cm³/mol.